The summed E-state index contributed by atoms with van der Waals surface area (Å²) in [5.41, 5.74) is 0.474. The molecule has 0 aliphatic rings. The molecule has 0 aliphatic heterocycles. The molecule has 1 amide bonds. The molecule has 0 saturated heterocycles. The van der Waals surface area contributed by atoms with Crippen LogP contribution in [0, 0.1) is 0 Å². The molecule has 0 aliphatic carbocycles. The molecule has 4 N–H and O–H groups in total. The first kappa shape index (κ1) is 19.0. The Labute approximate surface area is 160 Å². The first-order valence-electron chi connectivity index (χ1n) is 8.51. The maximum absolute atomic E-state index is 12.6. The lowest BCUT2D eigenvalue weighted by Crippen LogP contribution is -2.18. The van der Waals surface area contributed by atoms with Crippen LogP contribution >= 0.6 is 0 Å². The predicted molar refractivity (Wildman–Crippen MR) is 105 cm³/mol. The third kappa shape index (κ3) is 3.83. The molecule has 3 aromatic rings. The van der Waals surface area contributed by atoms with Gasteiger partial charge in [-0.15, -0.1) is 0 Å². The van der Waals surface area contributed by atoms with Gasteiger partial charge in [-0.1, -0.05) is 11.6 Å². The van der Waals surface area contributed by atoms with E-state index in [0.29, 0.717) is 12.0 Å². The van der Waals surface area contributed by atoms with Crippen molar-refractivity contribution in [3.8, 4) is 17.2 Å². The Morgan fingerprint density at radius 1 is 1.11 bits per heavy atom. The number of hydrogen-bond acceptors (Lipinski definition) is 6. The summed E-state index contributed by atoms with van der Waals surface area (Å²) >= 11 is 0. The van der Waals surface area contributed by atoms with Crippen LogP contribution in [0.15, 0.2) is 57.3 Å². The van der Waals surface area contributed by atoms with E-state index in [2.05, 4.69) is 5.32 Å². The number of rotatable bonds is 4. The number of anilines is 1. The summed E-state index contributed by atoms with van der Waals surface area (Å²) in [6.45, 7) is 3.85. The van der Waals surface area contributed by atoms with Gasteiger partial charge in [0.05, 0.1) is 5.39 Å². The van der Waals surface area contributed by atoms with Crippen molar-refractivity contribution in [3.63, 3.8) is 0 Å². The smallest absolute Gasteiger partial charge is 0.364 e. The first-order chi connectivity index (χ1) is 13.3. The highest BCUT2D eigenvalue weighted by Crippen LogP contribution is 2.32. The molecule has 2 aromatic carbocycles. The number of phenols is 2. The lowest BCUT2D eigenvalue weighted by atomic mass is 10.0. The van der Waals surface area contributed by atoms with E-state index in [1.54, 1.807) is 0 Å². The highest BCUT2D eigenvalue weighted by atomic mass is 16.4. The van der Waals surface area contributed by atoms with Crippen LogP contribution in [-0.4, -0.2) is 21.2 Å². The first-order valence-corrected chi connectivity index (χ1v) is 8.51. The molecule has 28 heavy (non-hydrogen) atoms. The van der Waals surface area contributed by atoms with Crippen molar-refractivity contribution in [1.82, 2.24) is 0 Å². The Kier molecular flexibility index (Phi) is 5.08. The monoisotopic (exact) mass is 381 g/mol. The predicted octanol–water partition coefficient (Wildman–Crippen LogP) is 3.67. The Morgan fingerprint density at radius 2 is 1.86 bits per heavy atom. The Morgan fingerprint density at radius 3 is 2.57 bits per heavy atom. The number of nitrogens with one attached hydrogen (secondary N) is 1. The van der Waals surface area contributed by atoms with Gasteiger partial charge in [-0.25, -0.2) is 4.79 Å². The van der Waals surface area contributed by atoms with Gasteiger partial charge in [0.1, 0.15) is 17.1 Å². The summed E-state index contributed by atoms with van der Waals surface area (Å²) in [4.78, 5) is 24.7. The molecule has 3 rings (SSSR count). The van der Waals surface area contributed by atoms with E-state index < -0.39 is 23.0 Å². The fraction of sp³-hybridized carbons (Fsp3) is 0.143. The minimum atomic E-state index is -0.951. The summed E-state index contributed by atoms with van der Waals surface area (Å²) in [5.74, 6) is -1.16. The van der Waals surface area contributed by atoms with Crippen LogP contribution in [0.4, 0.5) is 5.69 Å². The molecule has 7 heteroatoms. The molecule has 0 bridgehead atoms. The number of aromatic hydroxyl groups is 3. The summed E-state index contributed by atoms with van der Waals surface area (Å²) < 4.78 is 5.06. The zero-order chi connectivity index (χ0) is 20.4. The number of benzene rings is 2. The Balaban J connectivity index is 1.95. The lowest BCUT2D eigenvalue weighted by molar-refractivity contribution is 0.102. The second kappa shape index (κ2) is 7.48. The van der Waals surface area contributed by atoms with Gasteiger partial charge in [0, 0.05) is 11.6 Å². The van der Waals surface area contributed by atoms with Crippen LogP contribution in [0.2, 0.25) is 0 Å². The summed E-state index contributed by atoms with van der Waals surface area (Å²) in [6, 6.07) is 8.21. The van der Waals surface area contributed by atoms with Gasteiger partial charge in [-0.05, 0) is 56.2 Å². The molecule has 7 nitrogen and oxygen atoms in total. The lowest BCUT2D eigenvalue weighted by Gasteiger charge is -2.10. The van der Waals surface area contributed by atoms with Crippen LogP contribution in [-0.2, 0) is 6.42 Å². The summed E-state index contributed by atoms with van der Waals surface area (Å²) in [6.07, 6.45) is 2.36. The van der Waals surface area contributed by atoms with Crippen molar-refractivity contribution in [1.29, 1.82) is 0 Å². The number of hydrogen-bond donors (Lipinski definition) is 4. The number of amides is 1. The quantitative estimate of drug-likeness (QED) is 0.404. The van der Waals surface area contributed by atoms with E-state index >= 15 is 0 Å². The van der Waals surface area contributed by atoms with Crippen molar-refractivity contribution in [3.05, 3.63) is 69.6 Å². The van der Waals surface area contributed by atoms with E-state index in [9.17, 15) is 24.9 Å². The average Bonchev–Trinajstić information content (AvgIpc) is 2.63. The van der Waals surface area contributed by atoms with Gasteiger partial charge in [0.2, 0.25) is 0 Å². The maximum Gasteiger partial charge on any atom is 0.364 e. The molecule has 144 valence electrons. The molecule has 0 spiro atoms. The zero-order valence-electron chi connectivity index (χ0n) is 15.3. The topological polar surface area (TPSA) is 120 Å². The summed E-state index contributed by atoms with van der Waals surface area (Å²) in [7, 11) is 0. The van der Waals surface area contributed by atoms with Crippen LogP contribution in [0.1, 0.15) is 29.8 Å². The van der Waals surface area contributed by atoms with Crippen LogP contribution in [0.5, 0.6) is 17.2 Å². The molecule has 0 fully saturated rings. The third-order valence-corrected chi connectivity index (χ3v) is 4.17. The normalized spacial score (nSPS) is 10.6. The molecule has 0 atom stereocenters. The summed E-state index contributed by atoms with van der Waals surface area (Å²) in [5, 5.41) is 32.3. The molecule has 0 saturated carbocycles. The molecular formula is C21H19NO6. The van der Waals surface area contributed by atoms with Gasteiger partial charge in [-0.2, -0.15) is 0 Å². The number of phenolic OH excluding ortho intramolecular Hbond substituents is 2. The van der Waals surface area contributed by atoms with E-state index in [1.165, 1.54) is 36.4 Å². The highest BCUT2D eigenvalue weighted by molar-refractivity contribution is 6.06. The van der Waals surface area contributed by atoms with Gasteiger partial charge in [-0.3, -0.25) is 4.79 Å². The largest absolute Gasteiger partial charge is 0.508 e. The number of fused-ring (bicyclic) bond motifs is 1. The van der Waals surface area contributed by atoms with E-state index in [1.807, 2.05) is 19.9 Å². The standard InChI is InChI=1S/C21H19NO6/c1-11(2)3-4-12-9-13(5-8-16(12)24)20(26)22-18-19(25)15-7-6-14(23)10-17(15)28-21(18)27/h3,5-10,23-25H,4H2,1-2H3,(H,22,26). The van der Waals surface area contributed by atoms with Crippen molar-refractivity contribution in [2.24, 2.45) is 0 Å². The SMILES string of the molecule is CC(C)=CCc1cc(C(=O)Nc2c(O)c3ccc(O)cc3oc2=O)ccc1O. The van der Waals surface area contributed by atoms with E-state index in [4.69, 9.17) is 4.42 Å². The van der Waals surface area contributed by atoms with Crippen LogP contribution in [0.3, 0.4) is 0 Å². The van der Waals surface area contributed by atoms with E-state index in [-0.39, 0.29) is 28.0 Å². The Hall–Kier alpha value is -3.74. The minimum absolute atomic E-state index is 0.00542. The average molecular weight is 381 g/mol. The molecule has 0 unspecified atom stereocenters. The fourth-order valence-electron chi connectivity index (χ4n) is 2.67. The maximum atomic E-state index is 12.6. The second-order valence-corrected chi connectivity index (χ2v) is 6.58. The van der Waals surface area contributed by atoms with Crippen molar-refractivity contribution in [2.75, 3.05) is 5.32 Å². The van der Waals surface area contributed by atoms with Gasteiger partial charge < -0.3 is 25.1 Å². The Bertz CT molecular complexity index is 1160. The number of carbonyl (C=O) groups is 1. The fourth-order valence-corrected chi connectivity index (χ4v) is 2.67. The van der Waals surface area contributed by atoms with Gasteiger partial charge in [0.15, 0.2) is 11.4 Å². The van der Waals surface area contributed by atoms with Gasteiger partial charge >= 0.3 is 5.63 Å². The molecular weight excluding hydrogens is 362 g/mol. The zero-order valence-corrected chi connectivity index (χ0v) is 15.3. The van der Waals surface area contributed by atoms with Crippen LogP contribution in [0.25, 0.3) is 11.0 Å². The molecule has 1 heterocycles. The molecule has 1 aromatic heterocycles. The highest BCUT2D eigenvalue weighted by Gasteiger charge is 2.18. The number of allylic oxidation sites excluding steroid dienone is 2. The van der Waals surface area contributed by atoms with Crippen LogP contribution < -0.4 is 10.9 Å². The minimum Gasteiger partial charge on any atom is -0.508 e. The van der Waals surface area contributed by atoms with Crippen molar-refractivity contribution >= 4 is 22.6 Å². The van der Waals surface area contributed by atoms with Crippen molar-refractivity contribution < 1.29 is 24.5 Å². The second-order valence-electron chi connectivity index (χ2n) is 6.58. The van der Waals surface area contributed by atoms with E-state index in [0.717, 1.165) is 5.57 Å². The third-order valence-electron chi connectivity index (χ3n) is 4.17. The molecule has 0 radical (unpaired) electrons. The van der Waals surface area contributed by atoms with Crippen molar-refractivity contribution in [2.45, 2.75) is 20.3 Å². The number of carbonyl (C=O) groups excluding carboxylic acids is 1. The van der Waals surface area contributed by atoms with Gasteiger partial charge in [0.25, 0.3) is 5.91 Å².